The molecule has 2 nitrogen and oxygen atoms in total. The summed E-state index contributed by atoms with van der Waals surface area (Å²) in [6.07, 6.45) is 0. The molecule has 1 aromatic rings. The Morgan fingerprint density at radius 1 is 1.12 bits per heavy atom. The molecule has 1 aliphatic heterocycles. The molecule has 0 bridgehead atoms. The molecule has 0 saturated carbocycles. The molecule has 1 heterocycles. The Labute approximate surface area is 102 Å². The van der Waals surface area contributed by atoms with Crippen LogP contribution in [0.25, 0.3) is 0 Å². The Morgan fingerprint density at radius 2 is 1.69 bits per heavy atom. The van der Waals surface area contributed by atoms with Gasteiger partial charge in [-0.2, -0.15) is 12.6 Å². The van der Waals surface area contributed by atoms with Gasteiger partial charge in [0, 0.05) is 16.7 Å². The molecule has 0 N–H and O–H groups in total. The average molecular weight is 238 g/mol. The van der Waals surface area contributed by atoms with E-state index in [2.05, 4.69) is 26.5 Å². The zero-order valence-corrected chi connectivity index (χ0v) is 10.7. The third-order valence-corrected chi connectivity index (χ3v) is 3.23. The third kappa shape index (κ3) is 2.26. The first-order chi connectivity index (χ1) is 7.58. The molecule has 0 aromatic heterocycles. The minimum Gasteiger partial charge on any atom is -0.345 e. The summed E-state index contributed by atoms with van der Waals surface area (Å²) in [5, 5.41) is 0. The lowest BCUT2D eigenvalue weighted by molar-refractivity contribution is -0.294. The zero-order chi connectivity index (χ0) is 11.6. The van der Waals surface area contributed by atoms with Gasteiger partial charge in [-0.25, -0.2) is 0 Å². The lowest BCUT2D eigenvalue weighted by Gasteiger charge is -2.43. The molecule has 1 fully saturated rings. The highest BCUT2D eigenvalue weighted by Crippen LogP contribution is 2.37. The van der Waals surface area contributed by atoms with Crippen molar-refractivity contribution >= 4 is 12.6 Å². The standard InChI is InChI=1S/C13H18O2S/c1-12(2)8-14-13(10-16,15-9-12)11-6-4-3-5-7-11/h3-7,16H,8-10H2,1-2H3. The molecule has 2 rings (SSSR count). The number of ether oxygens (including phenoxy) is 2. The van der Waals surface area contributed by atoms with Gasteiger partial charge in [0.2, 0.25) is 5.79 Å². The smallest absolute Gasteiger partial charge is 0.203 e. The molecule has 0 atom stereocenters. The molecule has 3 heteroatoms. The van der Waals surface area contributed by atoms with Gasteiger partial charge in [0.15, 0.2) is 0 Å². The van der Waals surface area contributed by atoms with Crippen LogP contribution in [-0.2, 0) is 15.3 Å². The van der Waals surface area contributed by atoms with E-state index >= 15 is 0 Å². The lowest BCUT2D eigenvalue weighted by atomic mass is 9.93. The summed E-state index contributed by atoms with van der Waals surface area (Å²) in [5.41, 5.74) is 1.13. The van der Waals surface area contributed by atoms with E-state index in [9.17, 15) is 0 Å². The van der Waals surface area contributed by atoms with Gasteiger partial charge in [0.05, 0.1) is 13.2 Å². The van der Waals surface area contributed by atoms with Gasteiger partial charge in [-0.3, -0.25) is 0 Å². The highest BCUT2D eigenvalue weighted by atomic mass is 32.1. The second-order valence-corrected chi connectivity index (χ2v) is 5.33. The minimum atomic E-state index is -0.667. The highest BCUT2D eigenvalue weighted by Gasteiger charge is 2.40. The quantitative estimate of drug-likeness (QED) is 0.799. The second-order valence-electron chi connectivity index (χ2n) is 5.02. The van der Waals surface area contributed by atoms with Crippen molar-refractivity contribution in [1.29, 1.82) is 0 Å². The van der Waals surface area contributed by atoms with Crippen molar-refractivity contribution in [2.24, 2.45) is 5.41 Å². The van der Waals surface area contributed by atoms with Crippen molar-refractivity contribution in [2.75, 3.05) is 19.0 Å². The summed E-state index contributed by atoms with van der Waals surface area (Å²) >= 11 is 4.37. The number of thiol groups is 1. The number of benzene rings is 1. The Bertz CT molecular complexity index is 338. The van der Waals surface area contributed by atoms with Crippen LogP contribution in [0.1, 0.15) is 19.4 Å². The van der Waals surface area contributed by atoms with Gasteiger partial charge in [0.25, 0.3) is 0 Å². The molecule has 1 aliphatic rings. The molecular weight excluding hydrogens is 220 g/mol. The molecule has 0 radical (unpaired) electrons. The molecule has 0 spiro atoms. The van der Waals surface area contributed by atoms with Gasteiger partial charge in [-0.05, 0) is 0 Å². The summed E-state index contributed by atoms with van der Waals surface area (Å²) < 4.78 is 11.8. The second kappa shape index (κ2) is 4.40. The molecule has 88 valence electrons. The SMILES string of the molecule is CC1(C)COC(CS)(c2ccccc2)OC1. The van der Waals surface area contributed by atoms with Crippen LogP contribution in [0.4, 0.5) is 0 Å². The highest BCUT2D eigenvalue weighted by molar-refractivity contribution is 7.80. The zero-order valence-electron chi connectivity index (χ0n) is 9.77. The maximum atomic E-state index is 5.92. The van der Waals surface area contributed by atoms with Crippen LogP contribution < -0.4 is 0 Å². The third-order valence-electron chi connectivity index (χ3n) is 2.81. The number of rotatable bonds is 2. The van der Waals surface area contributed by atoms with Crippen molar-refractivity contribution in [3.63, 3.8) is 0 Å². The molecule has 1 aromatic carbocycles. The molecule has 16 heavy (non-hydrogen) atoms. The van der Waals surface area contributed by atoms with E-state index in [1.54, 1.807) is 0 Å². The van der Waals surface area contributed by atoms with Crippen molar-refractivity contribution < 1.29 is 9.47 Å². The van der Waals surface area contributed by atoms with Crippen molar-refractivity contribution in [3.05, 3.63) is 35.9 Å². The van der Waals surface area contributed by atoms with Crippen LogP contribution in [0, 0.1) is 5.41 Å². The lowest BCUT2D eigenvalue weighted by Crippen LogP contribution is -2.46. The minimum absolute atomic E-state index is 0.0846. The maximum absolute atomic E-state index is 5.92. The maximum Gasteiger partial charge on any atom is 0.203 e. The van der Waals surface area contributed by atoms with Crippen LogP contribution in [0.5, 0.6) is 0 Å². The Hall–Kier alpha value is -0.510. The fraction of sp³-hybridized carbons (Fsp3) is 0.538. The summed E-state index contributed by atoms with van der Waals surface area (Å²) in [6, 6.07) is 10.0. The summed E-state index contributed by atoms with van der Waals surface area (Å²) in [4.78, 5) is 0. The Balaban J connectivity index is 2.23. The first-order valence-electron chi connectivity index (χ1n) is 5.52. The van der Waals surface area contributed by atoms with Gasteiger partial charge < -0.3 is 9.47 Å². The van der Waals surface area contributed by atoms with Crippen molar-refractivity contribution in [2.45, 2.75) is 19.6 Å². The largest absolute Gasteiger partial charge is 0.345 e. The number of hydrogen-bond acceptors (Lipinski definition) is 3. The Kier molecular flexibility index (Phi) is 3.29. The fourth-order valence-electron chi connectivity index (χ4n) is 1.75. The molecule has 1 saturated heterocycles. The number of hydrogen-bond donors (Lipinski definition) is 1. The molecule has 0 aliphatic carbocycles. The van der Waals surface area contributed by atoms with Gasteiger partial charge in [-0.1, -0.05) is 44.2 Å². The van der Waals surface area contributed by atoms with E-state index in [4.69, 9.17) is 9.47 Å². The molecule has 0 amide bonds. The first-order valence-corrected chi connectivity index (χ1v) is 6.16. The fourth-order valence-corrected chi connectivity index (χ4v) is 2.11. The van der Waals surface area contributed by atoms with Crippen LogP contribution in [0.2, 0.25) is 0 Å². The van der Waals surface area contributed by atoms with Crippen LogP contribution >= 0.6 is 12.6 Å². The summed E-state index contributed by atoms with van der Waals surface area (Å²) in [6.45, 7) is 5.67. The van der Waals surface area contributed by atoms with E-state index in [0.717, 1.165) is 5.56 Å². The van der Waals surface area contributed by atoms with Crippen molar-refractivity contribution in [3.8, 4) is 0 Å². The van der Waals surface area contributed by atoms with Crippen LogP contribution in [0.15, 0.2) is 30.3 Å². The van der Waals surface area contributed by atoms with E-state index in [0.29, 0.717) is 19.0 Å². The molecule has 0 unspecified atom stereocenters. The first kappa shape index (κ1) is 12.0. The predicted molar refractivity (Wildman–Crippen MR) is 67.7 cm³/mol. The van der Waals surface area contributed by atoms with Crippen LogP contribution in [-0.4, -0.2) is 19.0 Å². The van der Waals surface area contributed by atoms with Crippen LogP contribution in [0.3, 0.4) is 0 Å². The monoisotopic (exact) mass is 238 g/mol. The van der Waals surface area contributed by atoms with Gasteiger partial charge in [-0.15, -0.1) is 0 Å². The summed E-state index contributed by atoms with van der Waals surface area (Å²) in [7, 11) is 0. The van der Waals surface area contributed by atoms with Gasteiger partial charge >= 0.3 is 0 Å². The predicted octanol–water partition coefficient (Wildman–Crippen LogP) is 2.84. The average Bonchev–Trinajstić information content (AvgIpc) is 2.31. The normalized spacial score (nSPS) is 22.9. The van der Waals surface area contributed by atoms with Crippen molar-refractivity contribution in [1.82, 2.24) is 0 Å². The Morgan fingerprint density at radius 3 is 2.19 bits per heavy atom. The topological polar surface area (TPSA) is 18.5 Å². The van der Waals surface area contributed by atoms with E-state index in [-0.39, 0.29) is 5.41 Å². The van der Waals surface area contributed by atoms with Gasteiger partial charge in [0.1, 0.15) is 0 Å². The van der Waals surface area contributed by atoms with E-state index in [1.807, 2.05) is 30.3 Å². The summed E-state index contributed by atoms with van der Waals surface area (Å²) in [5.74, 6) is -0.132. The van der Waals surface area contributed by atoms with E-state index < -0.39 is 5.79 Å². The molecular formula is C13H18O2S. The van der Waals surface area contributed by atoms with E-state index in [1.165, 1.54) is 0 Å².